The minimum atomic E-state index is 0.464. The summed E-state index contributed by atoms with van der Waals surface area (Å²) in [6, 6.07) is 5.94. The van der Waals surface area contributed by atoms with E-state index >= 15 is 0 Å². The molecule has 2 fully saturated rings. The number of anilines is 3. The van der Waals surface area contributed by atoms with Crippen LogP contribution in [0.3, 0.4) is 0 Å². The lowest BCUT2D eigenvalue weighted by atomic mass is 10.1. The number of nitrogens with zero attached hydrogens (tertiary/aromatic N) is 4. The van der Waals surface area contributed by atoms with Crippen molar-refractivity contribution in [2.75, 3.05) is 69.4 Å². The monoisotopic (exact) mass is 426 g/mol. The summed E-state index contributed by atoms with van der Waals surface area (Å²) in [4.78, 5) is 14.0. The maximum absolute atomic E-state index is 6.41. The normalized spacial score (nSPS) is 16.6. The fraction of sp³-hybridized carbons (Fsp3) is 0.565. The zero-order chi connectivity index (χ0) is 21.6. The quantitative estimate of drug-likeness (QED) is 0.591. The molecule has 2 saturated heterocycles. The standard InChI is InChI=1S/C23H34N6O2/c1-25-23-26-21(24)20(22(27-23)29-13-5-6-14-29)17-8-9-18(30-2)19(16-17)31-15-7-12-28-10-3-4-11-28/h8-9,16H,3-7,10-15H2,1-2H3,(H3,24,25,26,27). The van der Waals surface area contributed by atoms with E-state index in [9.17, 15) is 0 Å². The van der Waals surface area contributed by atoms with Crippen molar-refractivity contribution in [2.24, 2.45) is 0 Å². The topological polar surface area (TPSA) is 88.8 Å². The molecular formula is C23H34N6O2. The summed E-state index contributed by atoms with van der Waals surface area (Å²) in [5.74, 6) is 3.32. The van der Waals surface area contributed by atoms with Gasteiger partial charge in [0.25, 0.3) is 0 Å². The van der Waals surface area contributed by atoms with Crippen molar-refractivity contribution < 1.29 is 9.47 Å². The molecular weight excluding hydrogens is 392 g/mol. The van der Waals surface area contributed by atoms with Crippen molar-refractivity contribution in [3.63, 3.8) is 0 Å². The first-order chi connectivity index (χ1) is 15.2. The van der Waals surface area contributed by atoms with E-state index < -0.39 is 0 Å². The Bertz CT molecular complexity index is 879. The van der Waals surface area contributed by atoms with Crippen LogP contribution in [0.25, 0.3) is 11.1 Å². The third-order valence-electron chi connectivity index (χ3n) is 6.07. The van der Waals surface area contributed by atoms with Crippen LogP contribution in [0.2, 0.25) is 0 Å². The molecule has 0 bridgehead atoms. The molecule has 4 rings (SSSR count). The molecule has 2 aliphatic heterocycles. The molecule has 8 nitrogen and oxygen atoms in total. The Kier molecular flexibility index (Phi) is 6.96. The Morgan fingerprint density at radius 2 is 1.77 bits per heavy atom. The van der Waals surface area contributed by atoms with Crippen molar-refractivity contribution >= 4 is 17.6 Å². The molecule has 0 aliphatic carbocycles. The van der Waals surface area contributed by atoms with Gasteiger partial charge in [-0.2, -0.15) is 9.97 Å². The number of ether oxygens (including phenoxy) is 2. The summed E-state index contributed by atoms with van der Waals surface area (Å²) < 4.78 is 11.7. The predicted octanol–water partition coefficient (Wildman–Crippen LogP) is 3.24. The summed E-state index contributed by atoms with van der Waals surface area (Å²) in [5.41, 5.74) is 8.21. The second kappa shape index (κ2) is 10.0. The van der Waals surface area contributed by atoms with Crippen molar-refractivity contribution in [1.29, 1.82) is 0 Å². The van der Waals surface area contributed by atoms with Crippen LogP contribution in [-0.4, -0.2) is 68.4 Å². The number of likely N-dealkylation sites (tertiary alicyclic amines) is 1. The first kappa shape index (κ1) is 21.5. The van der Waals surface area contributed by atoms with E-state index in [-0.39, 0.29) is 0 Å². The number of hydrogen-bond acceptors (Lipinski definition) is 8. The van der Waals surface area contributed by atoms with Crippen LogP contribution in [-0.2, 0) is 0 Å². The summed E-state index contributed by atoms with van der Waals surface area (Å²) in [5, 5.41) is 3.02. The molecule has 0 radical (unpaired) electrons. The van der Waals surface area contributed by atoms with Gasteiger partial charge in [-0.25, -0.2) is 0 Å². The Hall–Kier alpha value is -2.74. The Balaban J connectivity index is 1.58. The Morgan fingerprint density at radius 3 is 2.48 bits per heavy atom. The summed E-state index contributed by atoms with van der Waals surface area (Å²) >= 11 is 0. The van der Waals surface area contributed by atoms with Crippen LogP contribution in [0.15, 0.2) is 18.2 Å². The fourth-order valence-electron chi connectivity index (χ4n) is 4.43. The van der Waals surface area contributed by atoms with E-state index in [0.29, 0.717) is 18.4 Å². The molecule has 0 atom stereocenters. The van der Waals surface area contributed by atoms with Gasteiger partial charge in [-0.1, -0.05) is 6.07 Å². The maximum atomic E-state index is 6.41. The van der Waals surface area contributed by atoms with Crippen LogP contribution in [0.1, 0.15) is 32.1 Å². The number of methoxy groups -OCH3 is 1. The van der Waals surface area contributed by atoms with Gasteiger partial charge < -0.3 is 30.3 Å². The molecule has 0 unspecified atom stereocenters. The van der Waals surface area contributed by atoms with Crippen molar-refractivity contribution in [3.8, 4) is 22.6 Å². The van der Waals surface area contributed by atoms with E-state index in [4.69, 9.17) is 20.2 Å². The van der Waals surface area contributed by atoms with E-state index in [2.05, 4.69) is 20.1 Å². The second-order valence-corrected chi connectivity index (χ2v) is 8.19. The predicted molar refractivity (Wildman–Crippen MR) is 125 cm³/mol. The Morgan fingerprint density at radius 1 is 1.03 bits per heavy atom. The van der Waals surface area contributed by atoms with Crippen LogP contribution < -0.4 is 25.4 Å². The fourth-order valence-corrected chi connectivity index (χ4v) is 4.43. The van der Waals surface area contributed by atoms with E-state index in [0.717, 1.165) is 67.3 Å². The van der Waals surface area contributed by atoms with Gasteiger partial charge in [0.15, 0.2) is 11.5 Å². The number of nitrogens with two attached hydrogens (primary N) is 1. The summed E-state index contributed by atoms with van der Waals surface area (Å²) in [6.07, 6.45) is 5.94. The lowest BCUT2D eigenvalue weighted by Gasteiger charge is -2.22. The molecule has 31 heavy (non-hydrogen) atoms. The number of nitrogens with one attached hydrogen (secondary N) is 1. The molecule has 0 spiro atoms. The minimum Gasteiger partial charge on any atom is -0.493 e. The van der Waals surface area contributed by atoms with E-state index in [1.54, 1.807) is 7.11 Å². The van der Waals surface area contributed by atoms with Crippen molar-refractivity contribution in [3.05, 3.63) is 18.2 Å². The van der Waals surface area contributed by atoms with Crippen LogP contribution in [0, 0.1) is 0 Å². The van der Waals surface area contributed by atoms with Crippen LogP contribution >= 0.6 is 0 Å². The molecule has 1 aromatic carbocycles. The van der Waals surface area contributed by atoms with Gasteiger partial charge in [0.1, 0.15) is 11.6 Å². The van der Waals surface area contributed by atoms with Gasteiger partial charge in [0, 0.05) is 26.7 Å². The lowest BCUT2D eigenvalue weighted by molar-refractivity contribution is 0.254. The summed E-state index contributed by atoms with van der Waals surface area (Å²) in [7, 11) is 3.48. The maximum Gasteiger partial charge on any atom is 0.226 e. The molecule has 3 N–H and O–H groups in total. The third-order valence-corrected chi connectivity index (χ3v) is 6.07. The molecule has 8 heteroatoms. The summed E-state index contributed by atoms with van der Waals surface area (Å²) in [6.45, 7) is 6.10. The number of hydrogen-bond donors (Lipinski definition) is 2. The average molecular weight is 427 g/mol. The number of aromatic nitrogens is 2. The average Bonchev–Trinajstić information content (AvgIpc) is 3.50. The van der Waals surface area contributed by atoms with Gasteiger partial charge in [0.05, 0.1) is 19.3 Å². The zero-order valence-electron chi connectivity index (χ0n) is 18.7. The highest BCUT2D eigenvalue weighted by atomic mass is 16.5. The Labute approximate surface area is 184 Å². The van der Waals surface area contributed by atoms with Gasteiger partial charge in [-0.15, -0.1) is 0 Å². The van der Waals surface area contributed by atoms with Gasteiger partial charge >= 0.3 is 0 Å². The lowest BCUT2D eigenvalue weighted by Crippen LogP contribution is -2.22. The number of rotatable bonds is 9. The highest BCUT2D eigenvalue weighted by Crippen LogP contribution is 2.40. The molecule has 1 aromatic heterocycles. The molecule has 0 saturated carbocycles. The van der Waals surface area contributed by atoms with Crippen LogP contribution in [0.5, 0.6) is 11.5 Å². The molecule has 2 aromatic rings. The highest BCUT2D eigenvalue weighted by molar-refractivity contribution is 5.86. The smallest absolute Gasteiger partial charge is 0.226 e. The molecule has 2 aliphatic rings. The molecule has 3 heterocycles. The second-order valence-electron chi connectivity index (χ2n) is 8.19. The number of nitrogen functional groups attached to an aromatic ring is 1. The van der Waals surface area contributed by atoms with Crippen molar-refractivity contribution in [2.45, 2.75) is 32.1 Å². The number of benzene rings is 1. The van der Waals surface area contributed by atoms with Crippen LogP contribution in [0.4, 0.5) is 17.6 Å². The van der Waals surface area contributed by atoms with Crippen molar-refractivity contribution in [1.82, 2.24) is 14.9 Å². The zero-order valence-corrected chi connectivity index (χ0v) is 18.7. The molecule has 168 valence electrons. The molecule has 0 amide bonds. The SMILES string of the molecule is CNc1nc(N)c(-c2ccc(OC)c(OCCCN3CCCC3)c2)c(N2CCCC2)n1. The largest absolute Gasteiger partial charge is 0.493 e. The van der Waals surface area contributed by atoms with Gasteiger partial charge in [-0.3, -0.25) is 0 Å². The minimum absolute atomic E-state index is 0.464. The van der Waals surface area contributed by atoms with Gasteiger partial charge in [0.2, 0.25) is 5.95 Å². The highest BCUT2D eigenvalue weighted by Gasteiger charge is 2.23. The first-order valence-electron chi connectivity index (χ1n) is 11.3. The van der Waals surface area contributed by atoms with E-state index in [1.807, 2.05) is 25.2 Å². The van der Waals surface area contributed by atoms with E-state index in [1.165, 1.54) is 25.9 Å². The third kappa shape index (κ3) is 4.95. The first-order valence-corrected chi connectivity index (χ1v) is 11.3. The van der Waals surface area contributed by atoms with Gasteiger partial charge in [-0.05, 0) is 62.9 Å².